The van der Waals surface area contributed by atoms with E-state index >= 15 is 0 Å². The number of hydrogen-bond acceptors (Lipinski definition) is 4. The van der Waals surface area contributed by atoms with Crippen LogP contribution in [0.1, 0.15) is 55.7 Å². The van der Waals surface area contributed by atoms with Crippen molar-refractivity contribution in [1.82, 2.24) is 9.55 Å². The molecule has 0 radical (unpaired) electrons. The van der Waals surface area contributed by atoms with Gasteiger partial charge in [-0.3, -0.25) is 4.79 Å². The third-order valence-corrected chi connectivity index (χ3v) is 5.02. The van der Waals surface area contributed by atoms with E-state index in [0.29, 0.717) is 12.5 Å². The van der Waals surface area contributed by atoms with Crippen LogP contribution in [0.4, 0.5) is 0 Å². The molecule has 5 heteroatoms. The number of nitrogens with two attached hydrogens (primary N) is 2. The number of aldehydes is 1. The molecule has 1 heterocycles. The molecule has 23 heavy (non-hydrogen) atoms. The van der Waals surface area contributed by atoms with Gasteiger partial charge < -0.3 is 16.0 Å². The minimum atomic E-state index is -0.243. The second-order valence-electron chi connectivity index (χ2n) is 6.59. The van der Waals surface area contributed by atoms with Gasteiger partial charge in [0.2, 0.25) is 0 Å². The van der Waals surface area contributed by atoms with Gasteiger partial charge in [-0.15, -0.1) is 0 Å². The molecule has 5 nitrogen and oxygen atoms in total. The van der Waals surface area contributed by atoms with E-state index in [2.05, 4.69) is 17.6 Å². The summed E-state index contributed by atoms with van der Waals surface area (Å²) in [5, 5.41) is 0. The summed E-state index contributed by atoms with van der Waals surface area (Å²) in [5.74, 6) is 1.55. The van der Waals surface area contributed by atoms with Crippen LogP contribution >= 0.6 is 0 Å². The molecule has 3 rings (SSSR count). The van der Waals surface area contributed by atoms with Crippen molar-refractivity contribution in [3.63, 3.8) is 0 Å². The molecule has 0 spiro atoms. The summed E-state index contributed by atoms with van der Waals surface area (Å²) in [6.07, 6.45) is 14.5. The zero-order valence-electron chi connectivity index (χ0n) is 13.5. The summed E-state index contributed by atoms with van der Waals surface area (Å²) in [6, 6.07) is 0. The van der Waals surface area contributed by atoms with E-state index in [-0.39, 0.29) is 5.41 Å². The fraction of sp³-hybridized carbons (Fsp3) is 0.444. The molecule has 122 valence electrons. The second kappa shape index (κ2) is 6.16. The van der Waals surface area contributed by atoms with Crippen molar-refractivity contribution in [1.29, 1.82) is 0 Å². The number of hydrogen-bond donors (Lipinski definition) is 2. The molecule has 0 saturated heterocycles. The van der Waals surface area contributed by atoms with E-state index in [9.17, 15) is 4.79 Å². The summed E-state index contributed by atoms with van der Waals surface area (Å²) in [7, 11) is 0. The third kappa shape index (κ3) is 2.65. The maximum absolute atomic E-state index is 10.9. The van der Waals surface area contributed by atoms with Gasteiger partial charge >= 0.3 is 0 Å². The number of rotatable bonds is 5. The molecular formula is C18H24N4O. The zero-order valence-corrected chi connectivity index (χ0v) is 13.5. The quantitative estimate of drug-likeness (QED) is 0.817. The Bertz CT molecular complexity index is 694. The van der Waals surface area contributed by atoms with Gasteiger partial charge in [-0.25, -0.2) is 4.98 Å². The first-order valence-corrected chi connectivity index (χ1v) is 8.17. The van der Waals surface area contributed by atoms with E-state index in [4.69, 9.17) is 16.5 Å². The van der Waals surface area contributed by atoms with Crippen molar-refractivity contribution in [2.45, 2.75) is 50.5 Å². The molecule has 1 fully saturated rings. The second-order valence-corrected chi connectivity index (χ2v) is 6.59. The molecule has 0 bridgehead atoms. The van der Waals surface area contributed by atoms with Crippen LogP contribution in [-0.4, -0.2) is 15.8 Å². The lowest BCUT2D eigenvalue weighted by molar-refractivity contribution is -0.104. The average Bonchev–Trinajstić information content (AvgIpc) is 2.86. The van der Waals surface area contributed by atoms with E-state index in [1.807, 2.05) is 18.4 Å². The standard InChI is InChI=1S/C18H24N4O/c1-18(7-5-13(12-23)6-8-18)16-15(11-20)22(10-9-19)17(21-16)14-3-2-4-14/h5-7,9-10,12,14H,2-4,8,11,19-20H2,1H3/b10-9-. The number of nitrogens with zero attached hydrogens (tertiary/aromatic N) is 2. The van der Waals surface area contributed by atoms with Crippen LogP contribution in [0.3, 0.4) is 0 Å². The minimum Gasteiger partial charge on any atom is -0.403 e. The number of allylic oxidation sites excluding steroid dienone is 4. The summed E-state index contributed by atoms with van der Waals surface area (Å²) in [6.45, 7) is 2.55. The number of carbonyl (C=O) groups is 1. The lowest BCUT2D eigenvalue weighted by Crippen LogP contribution is -2.24. The van der Waals surface area contributed by atoms with Gasteiger partial charge in [-0.2, -0.15) is 0 Å². The molecule has 4 N–H and O–H groups in total. The molecule has 0 aliphatic heterocycles. The fourth-order valence-corrected chi connectivity index (χ4v) is 3.35. The van der Waals surface area contributed by atoms with Crippen LogP contribution in [0.15, 0.2) is 30.0 Å². The van der Waals surface area contributed by atoms with E-state index in [1.54, 1.807) is 0 Å². The number of aromatic nitrogens is 2. The number of imidazole rings is 1. The molecular weight excluding hydrogens is 288 g/mol. The average molecular weight is 312 g/mol. The maximum Gasteiger partial charge on any atom is 0.149 e. The van der Waals surface area contributed by atoms with Crippen molar-refractivity contribution in [3.8, 4) is 0 Å². The van der Waals surface area contributed by atoms with Gasteiger partial charge in [0.05, 0.1) is 11.4 Å². The molecule has 0 aromatic carbocycles. The van der Waals surface area contributed by atoms with Crippen molar-refractivity contribution in [3.05, 3.63) is 47.2 Å². The first kappa shape index (κ1) is 15.7. The topological polar surface area (TPSA) is 86.9 Å². The molecule has 1 aromatic heterocycles. The third-order valence-electron chi connectivity index (χ3n) is 5.02. The van der Waals surface area contributed by atoms with Gasteiger partial charge in [0.15, 0.2) is 0 Å². The zero-order chi connectivity index (χ0) is 16.4. The van der Waals surface area contributed by atoms with Crippen LogP contribution in [0, 0.1) is 0 Å². The predicted octanol–water partition coefficient (Wildman–Crippen LogP) is 2.34. The molecule has 2 aliphatic rings. The highest BCUT2D eigenvalue weighted by Gasteiger charge is 2.34. The Morgan fingerprint density at radius 2 is 2.26 bits per heavy atom. The minimum absolute atomic E-state index is 0.243. The Hall–Kier alpha value is -2.14. The van der Waals surface area contributed by atoms with Crippen LogP contribution in [-0.2, 0) is 16.8 Å². The van der Waals surface area contributed by atoms with Gasteiger partial charge in [-0.1, -0.05) is 31.6 Å². The summed E-state index contributed by atoms with van der Waals surface area (Å²) in [4.78, 5) is 15.9. The highest BCUT2D eigenvalue weighted by molar-refractivity contribution is 5.78. The van der Waals surface area contributed by atoms with Crippen LogP contribution in [0.5, 0.6) is 0 Å². The molecule has 2 aliphatic carbocycles. The van der Waals surface area contributed by atoms with Gasteiger partial charge in [-0.05, 0) is 19.3 Å². The summed E-state index contributed by atoms with van der Waals surface area (Å²) < 4.78 is 2.07. The molecule has 1 saturated carbocycles. The molecule has 1 unspecified atom stereocenters. The summed E-state index contributed by atoms with van der Waals surface area (Å²) >= 11 is 0. The maximum atomic E-state index is 10.9. The summed E-state index contributed by atoms with van der Waals surface area (Å²) in [5.41, 5.74) is 14.2. The van der Waals surface area contributed by atoms with Crippen LogP contribution in [0.25, 0.3) is 6.20 Å². The Morgan fingerprint density at radius 3 is 2.74 bits per heavy atom. The smallest absolute Gasteiger partial charge is 0.149 e. The van der Waals surface area contributed by atoms with Crippen molar-refractivity contribution in [2.75, 3.05) is 0 Å². The predicted molar refractivity (Wildman–Crippen MR) is 91.5 cm³/mol. The van der Waals surface area contributed by atoms with E-state index in [1.165, 1.54) is 25.5 Å². The van der Waals surface area contributed by atoms with E-state index < -0.39 is 0 Å². The van der Waals surface area contributed by atoms with Crippen LogP contribution in [0.2, 0.25) is 0 Å². The first-order chi connectivity index (χ1) is 11.1. The first-order valence-electron chi connectivity index (χ1n) is 8.17. The van der Waals surface area contributed by atoms with Gasteiger partial charge in [0.25, 0.3) is 0 Å². The normalized spacial score (nSPS) is 24.7. The Kier molecular flexibility index (Phi) is 4.22. The van der Waals surface area contributed by atoms with Crippen molar-refractivity contribution in [2.24, 2.45) is 11.5 Å². The Labute approximate surface area is 136 Å². The molecule has 1 atom stereocenters. The fourth-order valence-electron chi connectivity index (χ4n) is 3.35. The SMILES string of the molecule is CC1(c2nc(C3CCC3)n(/C=C\N)c2CN)C=CC(C=O)=CC1. The van der Waals surface area contributed by atoms with Gasteiger partial charge in [0, 0.05) is 35.9 Å². The monoisotopic (exact) mass is 312 g/mol. The number of carbonyl (C=O) groups excluding carboxylic acids is 1. The van der Waals surface area contributed by atoms with Crippen molar-refractivity contribution >= 4 is 12.5 Å². The van der Waals surface area contributed by atoms with Crippen LogP contribution < -0.4 is 11.5 Å². The highest BCUT2D eigenvalue weighted by Crippen LogP contribution is 2.41. The van der Waals surface area contributed by atoms with Gasteiger partial charge in [0.1, 0.15) is 12.1 Å². The lowest BCUT2D eigenvalue weighted by Gasteiger charge is -2.27. The highest BCUT2D eigenvalue weighted by atomic mass is 16.1. The lowest BCUT2D eigenvalue weighted by atomic mass is 9.78. The largest absolute Gasteiger partial charge is 0.403 e. The molecule has 1 aromatic rings. The molecule has 0 amide bonds. The van der Waals surface area contributed by atoms with E-state index in [0.717, 1.165) is 35.5 Å². The Balaban J connectivity index is 2.07. The van der Waals surface area contributed by atoms with Crippen molar-refractivity contribution < 1.29 is 4.79 Å². The Morgan fingerprint density at radius 1 is 1.48 bits per heavy atom.